The van der Waals surface area contributed by atoms with Crippen molar-refractivity contribution < 1.29 is 28.7 Å². The number of hydrogen-bond donors (Lipinski definition) is 1. The fourth-order valence-electron chi connectivity index (χ4n) is 7.51. The minimum Gasteiger partial charge on any atom is -0.443 e. The van der Waals surface area contributed by atoms with Crippen LogP contribution in [-0.4, -0.2) is 144 Å². The second-order valence-corrected chi connectivity index (χ2v) is 30.2. The Morgan fingerprint density at radius 2 is 0.865 bits per heavy atom. The number of ether oxygens (including phenoxy) is 2. The van der Waals surface area contributed by atoms with Gasteiger partial charge in [0.2, 0.25) is 11.8 Å². The lowest BCUT2D eigenvalue weighted by atomic mass is 10.2. The molecule has 10 rings (SSSR count). The first-order valence-electron chi connectivity index (χ1n) is 28.9. The monoisotopic (exact) mass is 1510 g/mol. The number of thioether (sulfide) groups is 2. The Kier molecular flexibility index (Phi) is 30.6. The molecular formula is C64H71Cl4N15O6S7. The van der Waals surface area contributed by atoms with Gasteiger partial charge in [-0.15, -0.1) is 0 Å². The van der Waals surface area contributed by atoms with E-state index in [0.29, 0.717) is 41.9 Å². The number of thiazole rings is 5. The lowest BCUT2D eigenvalue weighted by molar-refractivity contribution is -0.121. The van der Waals surface area contributed by atoms with Crippen molar-refractivity contribution in [2.45, 2.75) is 66.1 Å². The van der Waals surface area contributed by atoms with Crippen LogP contribution in [-0.2, 0) is 19.1 Å². The maximum Gasteiger partial charge on any atom is 0.415 e. The Balaban J connectivity index is 0.000000191. The van der Waals surface area contributed by atoms with Crippen molar-refractivity contribution in [2.24, 2.45) is 5.92 Å². The number of aromatic nitrogens is 10. The van der Waals surface area contributed by atoms with E-state index in [4.69, 9.17) is 55.9 Å². The van der Waals surface area contributed by atoms with Gasteiger partial charge in [0, 0.05) is 149 Å². The average molecular weight is 1510 g/mol. The highest BCUT2D eigenvalue weighted by atomic mass is 35.5. The summed E-state index contributed by atoms with van der Waals surface area (Å²) in [6.45, 7) is 12.9. The number of nitrogens with zero attached hydrogens (tertiary/aromatic N) is 14. The number of nitrogens with one attached hydrogen (secondary N) is 1. The predicted octanol–water partition coefficient (Wildman–Crippen LogP) is 18.1. The summed E-state index contributed by atoms with van der Waals surface area (Å²) >= 11 is 34.7. The van der Waals surface area contributed by atoms with Gasteiger partial charge in [-0.05, 0) is 115 Å². The average Bonchev–Trinajstić information content (AvgIpc) is 1.70. The van der Waals surface area contributed by atoms with E-state index in [1.807, 2.05) is 129 Å². The summed E-state index contributed by atoms with van der Waals surface area (Å²) in [6.07, 6.45) is 22.5. The van der Waals surface area contributed by atoms with Crippen LogP contribution in [0, 0.1) is 5.92 Å². The summed E-state index contributed by atoms with van der Waals surface area (Å²) in [4.78, 5) is 96.2. The SMILES string of the molecule is CN(C(=O)OC(C)(C)C)c1cnc(-c2cccnc2)s1.CN(C(=O)OC(C)(C)C)c1sc(-c2cccnc2)nc1Cl.CNc1sc(-c2cccnc2)nc1Cl.CSCC(C)C(=O)N(C)c1sc(-c2cccnc2)nc1Cl.CSCCC(=O)N(C)c1sc(-c2cccnc2)nc1Cl. The zero-order chi connectivity index (χ0) is 70.3. The molecule has 0 saturated carbocycles. The van der Waals surface area contributed by atoms with Crippen LogP contribution in [0.3, 0.4) is 0 Å². The van der Waals surface area contributed by atoms with E-state index in [-0.39, 0.29) is 29.0 Å². The molecule has 0 aliphatic heterocycles. The molecule has 1 N–H and O–H groups in total. The van der Waals surface area contributed by atoms with E-state index in [2.05, 4.69) is 55.2 Å². The van der Waals surface area contributed by atoms with Crippen molar-refractivity contribution in [3.63, 3.8) is 0 Å². The standard InChI is InChI=1S/C14H16ClN3O2S.C14H16ClN3OS2.C14H17N3O2S.C13H14ClN3OS2.C9H8ClN3S/c1-14(2,3)20-13(19)18(4)12-10(15)17-11(21-12)9-6-5-7-16-8-9;1-9(8-20-3)13(19)18(2)14-11(15)17-12(21-14)10-5-4-6-16-7-10;1-14(2,3)19-13(18)17(4)11-9-16-12(20-11)10-6-5-7-15-8-10;1-17(10(18)5-7-19-2)13-11(14)16-12(20-13)9-4-3-6-15-8-9;1-11-9-7(10)13-8(14-9)6-3-2-4-12-5-6/h5-8H,1-4H3;4-7,9H,8H2,1-3H3;5-9H,1-4H3;3-4,6,8H,5,7H2,1-2H3;2-5,11H,1H3. The van der Waals surface area contributed by atoms with Gasteiger partial charge in [-0.2, -0.15) is 23.5 Å². The van der Waals surface area contributed by atoms with E-state index in [1.165, 1.54) is 66.5 Å². The first-order valence-corrected chi connectivity index (χ1v) is 37.3. The van der Waals surface area contributed by atoms with Gasteiger partial charge in [-0.3, -0.25) is 44.3 Å². The van der Waals surface area contributed by atoms with Crippen LogP contribution >= 0.6 is 127 Å². The van der Waals surface area contributed by atoms with E-state index < -0.39 is 17.3 Å². The van der Waals surface area contributed by atoms with Gasteiger partial charge in [0.25, 0.3) is 0 Å². The third-order valence-corrected chi connectivity index (χ3v) is 20.9. The maximum absolute atomic E-state index is 12.4. The molecule has 0 aliphatic rings. The zero-order valence-electron chi connectivity index (χ0n) is 54.9. The molecule has 0 aromatic carbocycles. The van der Waals surface area contributed by atoms with Crippen LogP contribution < -0.4 is 24.9 Å². The fraction of sp³-hybridized carbons (Fsp3) is 0.312. The molecule has 1 unspecified atom stereocenters. The van der Waals surface area contributed by atoms with Crippen LogP contribution in [0.1, 0.15) is 54.9 Å². The van der Waals surface area contributed by atoms with Crippen LogP contribution in [0.25, 0.3) is 52.9 Å². The molecule has 0 bridgehead atoms. The Labute approximate surface area is 607 Å². The topological polar surface area (TPSA) is 241 Å². The normalized spacial score (nSPS) is 11.1. The van der Waals surface area contributed by atoms with Gasteiger partial charge in [0.15, 0.2) is 20.6 Å². The Morgan fingerprint density at radius 3 is 1.22 bits per heavy atom. The van der Waals surface area contributed by atoms with Crippen molar-refractivity contribution in [2.75, 3.05) is 84.2 Å². The van der Waals surface area contributed by atoms with Gasteiger partial charge in [-0.1, -0.05) is 110 Å². The number of halogens is 4. The number of amides is 4. The highest BCUT2D eigenvalue weighted by Gasteiger charge is 2.27. The second-order valence-electron chi connectivity index (χ2n) is 22.0. The molecule has 0 radical (unpaired) electrons. The van der Waals surface area contributed by atoms with Crippen LogP contribution in [0.5, 0.6) is 0 Å². The summed E-state index contributed by atoms with van der Waals surface area (Å²) in [5.41, 5.74) is 3.50. The molecule has 508 valence electrons. The van der Waals surface area contributed by atoms with E-state index in [9.17, 15) is 19.2 Å². The summed E-state index contributed by atoms with van der Waals surface area (Å²) in [5.74, 6) is 1.63. The lowest BCUT2D eigenvalue weighted by Gasteiger charge is -2.23. The molecule has 0 aliphatic carbocycles. The molecule has 21 nitrogen and oxygen atoms in total. The van der Waals surface area contributed by atoms with E-state index >= 15 is 0 Å². The summed E-state index contributed by atoms with van der Waals surface area (Å²) in [5, 5.41) is 11.9. The van der Waals surface area contributed by atoms with Crippen LogP contribution in [0.2, 0.25) is 20.6 Å². The Morgan fingerprint density at radius 1 is 0.500 bits per heavy atom. The molecule has 1 atom stereocenters. The highest BCUT2D eigenvalue weighted by Crippen LogP contribution is 2.41. The summed E-state index contributed by atoms with van der Waals surface area (Å²) in [7, 11) is 8.59. The summed E-state index contributed by atoms with van der Waals surface area (Å²) < 4.78 is 10.6. The van der Waals surface area contributed by atoms with Gasteiger partial charge >= 0.3 is 12.2 Å². The number of carbonyl (C=O) groups excluding carboxylic acids is 4. The molecule has 0 saturated heterocycles. The van der Waals surface area contributed by atoms with Crippen LogP contribution in [0.4, 0.5) is 34.6 Å². The molecular weight excluding hydrogens is 1440 g/mol. The molecule has 0 fully saturated rings. The Hall–Kier alpha value is -6.96. The van der Waals surface area contributed by atoms with E-state index in [1.54, 1.807) is 130 Å². The van der Waals surface area contributed by atoms with Crippen molar-refractivity contribution in [3.8, 4) is 52.9 Å². The molecule has 10 aromatic rings. The molecule has 10 aromatic heterocycles. The quantitative estimate of drug-likeness (QED) is 0.0945. The van der Waals surface area contributed by atoms with Crippen molar-refractivity contribution >= 4 is 176 Å². The first kappa shape index (κ1) is 78.0. The van der Waals surface area contributed by atoms with Crippen molar-refractivity contribution in [1.82, 2.24) is 49.8 Å². The third kappa shape index (κ3) is 23.7. The van der Waals surface area contributed by atoms with E-state index in [0.717, 1.165) is 69.4 Å². The van der Waals surface area contributed by atoms with Gasteiger partial charge in [-0.25, -0.2) is 34.5 Å². The predicted molar refractivity (Wildman–Crippen MR) is 403 cm³/mol. The third-order valence-electron chi connectivity index (χ3n) is 12.2. The summed E-state index contributed by atoms with van der Waals surface area (Å²) in [6, 6.07) is 18.9. The van der Waals surface area contributed by atoms with Gasteiger partial charge in [0.1, 0.15) is 61.2 Å². The molecule has 4 amide bonds. The number of anilines is 5. The number of rotatable bonds is 16. The minimum absolute atomic E-state index is 0.0441. The van der Waals surface area contributed by atoms with Crippen LogP contribution in [0.15, 0.2) is 129 Å². The zero-order valence-corrected chi connectivity index (χ0v) is 63.6. The number of hydrogen-bond acceptors (Lipinski definition) is 24. The second kappa shape index (κ2) is 37.7. The van der Waals surface area contributed by atoms with Crippen molar-refractivity contribution in [1.29, 1.82) is 0 Å². The molecule has 0 spiro atoms. The largest absolute Gasteiger partial charge is 0.443 e. The fourth-order valence-corrected chi connectivity index (χ4v) is 14.4. The molecule has 96 heavy (non-hydrogen) atoms. The molecule has 10 heterocycles. The number of carbonyl (C=O) groups is 4. The lowest BCUT2D eigenvalue weighted by Crippen LogP contribution is -2.33. The maximum atomic E-state index is 12.4. The van der Waals surface area contributed by atoms with Gasteiger partial charge < -0.3 is 24.6 Å². The number of pyridine rings is 5. The van der Waals surface area contributed by atoms with Crippen molar-refractivity contribution in [3.05, 3.63) is 149 Å². The Bertz CT molecular complexity index is 4070. The molecule has 32 heteroatoms. The first-order chi connectivity index (χ1) is 45.6. The highest BCUT2D eigenvalue weighted by molar-refractivity contribution is 7.98. The van der Waals surface area contributed by atoms with Gasteiger partial charge in [0.05, 0.1) is 6.20 Å². The smallest absolute Gasteiger partial charge is 0.415 e. The minimum atomic E-state index is -0.561.